The molecule has 0 bridgehead atoms. The summed E-state index contributed by atoms with van der Waals surface area (Å²) in [6.45, 7) is 2.39. The van der Waals surface area contributed by atoms with Gasteiger partial charge in [0.25, 0.3) is 0 Å². The number of methoxy groups -OCH3 is 1. The molecule has 0 saturated carbocycles. The van der Waals surface area contributed by atoms with E-state index in [1.165, 1.54) is 0 Å². The number of hydrogen-bond acceptors (Lipinski definition) is 3. The highest BCUT2D eigenvalue weighted by Crippen LogP contribution is 2.29. The number of halogens is 1. The third-order valence-corrected chi connectivity index (χ3v) is 2.81. The lowest BCUT2D eigenvalue weighted by Gasteiger charge is -2.27. The van der Waals surface area contributed by atoms with Gasteiger partial charge in [0, 0.05) is 36.1 Å². The summed E-state index contributed by atoms with van der Waals surface area (Å²) in [6, 6.07) is 1.90. The van der Waals surface area contributed by atoms with Gasteiger partial charge in [-0.15, -0.1) is 0 Å². The SMILES string of the molecule is COC(C)(CN)c1ccncc1Br. The van der Waals surface area contributed by atoms with Gasteiger partial charge in [-0.25, -0.2) is 0 Å². The molecule has 2 N–H and O–H groups in total. The molecule has 1 rings (SSSR count). The van der Waals surface area contributed by atoms with Gasteiger partial charge in [-0.05, 0) is 28.9 Å². The molecule has 13 heavy (non-hydrogen) atoms. The lowest BCUT2D eigenvalue weighted by atomic mass is 9.97. The largest absolute Gasteiger partial charge is 0.372 e. The van der Waals surface area contributed by atoms with E-state index in [1.807, 2.05) is 13.0 Å². The standard InChI is InChI=1S/C9H13BrN2O/c1-9(6-11,13-2)7-3-4-12-5-8(7)10/h3-5H,6,11H2,1-2H3. The fourth-order valence-electron chi connectivity index (χ4n) is 1.11. The van der Waals surface area contributed by atoms with Crippen LogP contribution in [0, 0.1) is 0 Å². The smallest absolute Gasteiger partial charge is 0.103 e. The summed E-state index contributed by atoms with van der Waals surface area (Å²) < 4.78 is 6.29. The summed E-state index contributed by atoms with van der Waals surface area (Å²) >= 11 is 3.42. The van der Waals surface area contributed by atoms with Crippen LogP contribution in [0.25, 0.3) is 0 Å². The quantitative estimate of drug-likeness (QED) is 0.881. The number of rotatable bonds is 3. The Hall–Kier alpha value is -0.450. The summed E-state index contributed by atoms with van der Waals surface area (Å²) in [5, 5.41) is 0. The number of pyridine rings is 1. The molecular formula is C9H13BrN2O. The summed E-state index contributed by atoms with van der Waals surface area (Å²) in [6.07, 6.45) is 3.47. The Labute approximate surface area is 86.4 Å². The first kappa shape index (κ1) is 10.6. The zero-order valence-corrected chi connectivity index (χ0v) is 9.34. The first-order chi connectivity index (χ1) is 6.14. The van der Waals surface area contributed by atoms with Gasteiger partial charge >= 0.3 is 0 Å². The van der Waals surface area contributed by atoms with Gasteiger partial charge in [0.1, 0.15) is 5.60 Å². The van der Waals surface area contributed by atoms with Gasteiger partial charge in [0.2, 0.25) is 0 Å². The molecule has 4 heteroatoms. The molecular weight excluding hydrogens is 232 g/mol. The minimum atomic E-state index is -0.443. The molecule has 0 amide bonds. The van der Waals surface area contributed by atoms with Crippen molar-refractivity contribution in [1.29, 1.82) is 0 Å². The lowest BCUT2D eigenvalue weighted by molar-refractivity contribution is 0.00940. The summed E-state index contributed by atoms with van der Waals surface area (Å²) in [5.74, 6) is 0. The molecule has 0 fully saturated rings. The molecule has 1 unspecified atom stereocenters. The topological polar surface area (TPSA) is 48.1 Å². The van der Waals surface area contributed by atoms with Crippen molar-refractivity contribution in [2.24, 2.45) is 5.73 Å². The van der Waals surface area contributed by atoms with Crippen molar-refractivity contribution in [1.82, 2.24) is 4.98 Å². The molecule has 0 radical (unpaired) electrons. The molecule has 1 atom stereocenters. The molecule has 1 aromatic heterocycles. The Balaban J connectivity index is 3.12. The number of hydrogen-bond donors (Lipinski definition) is 1. The van der Waals surface area contributed by atoms with Crippen LogP contribution < -0.4 is 5.73 Å². The summed E-state index contributed by atoms with van der Waals surface area (Å²) in [4.78, 5) is 3.98. The van der Waals surface area contributed by atoms with Crippen LogP contribution in [0.15, 0.2) is 22.9 Å². The van der Waals surface area contributed by atoms with Crippen LogP contribution in [0.4, 0.5) is 0 Å². The van der Waals surface area contributed by atoms with Gasteiger partial charge in [0.15, 0.2) is 0 Å². The molecule has 0 saturated heterocycles. The second-order valence-electron chi connectivity index (χ2n) is 2.99. The van der Waals surface area contributed by atoms with Gasteiger partial charge in [-0.3, -0.25) is 4.98 Å². The van der Waals surface area contributed by atoms with Gasteiger partial charge in [-0.1, -0.05) is 0 Å². The Kier molecular flexibility index (Phi) is 3.41. The van der Waals surface area contributed by atoms with Crippen LogP contribution >= 0.6 is 15.9 Å². The van der Waals surface area contributed by atoms with Crippen molar-refractivity contribution in [2.75, 3.05) is 13.7 Å². The van der Waals surface area contributed by atoms with E-state index in [-0.39, 0.29) is 0 Å². The van der Waals surface area contributed by atoms with Gasteiger partial charge in [-0.2, -0.15) is 0 Å². The maximum atomic E-state index is 5.65. The average Bonchev–Trinajstić information content (AvgIpc) is 2.17. The molecule has 0 aliphatic heterocycles. The summed E-state index contributed by atoms with van der Waals surface area (Å²) in [5.41, 5.74) is 6.23. The molecule has 0 aromatic carbocycles. The van der Waals surface area contributed by atoms with Crippen molar-refractivity contribution in [3.63, 3.8) is 0 Å². The molecule has 3 nitrogen and oxygen atoms in total. The second-order valence-corrected chi connectivity index (χ2v) is 3.85. The highest BCUT2D eigenvalue weighted by Gasteiger charge is 2.26. The van der Waals surface area contributed by atoms with Gasteiger partial charge in [0.05, 0.1) is 0 Å². The molecule has 0 aliphatic rings. The van der Waals surface area contributed by atoms with E-state index in [9.17, 15) is 0 Å². The van der Waals surface area contributed by atoms with E-state index in [0.29, 0.717) is 6.54 Å². The van der Waals surface area contributed by atoms with Gasteiger partial charge < -0.3 is 10.5 Å². The monoisotopic (exact) mass is 244 g/mol. The van der Waals surface area contributed by atoms with E-state index < -0.39 is 5.60 Å². The van der Waals surface area contributed by atoms with Crippen LogP contribution in [0.1, 0.15) is 12.5 Å². The van der Waals surface area contributed by atoms with Crippen LogP contribution in [0.2, 0.25) is 0 Å². The zero-order chi connectivity index (χ0) is 9.90. The fourth-order valence-corrected chi connectivity index (χ4v) is 1.78. The number of nitrogens with zero attached hydrogens (tertiary/aromatic N) is 1. The van der Waals surface area contributed by atoms with E-state index >= 15 is 0 Å². The first-order valence-electron chi connectivity index (χ1n) is 3.99. The third kappa shape index (κ3) is 2.07. The molecule has 72 valence electrons. The number of ether oxygens (including phenoxy) is 1. The Morgan fingerprint density at radius 2 is 2.38 bits per heavy atom. The highest BCUT2D eigenvalue weighted by atomic mass is 79.9. The van der Waals surface area contributed by atoms with Crippen molar-refractivity contribution in [2.45, 2.75) is 12.5 Å². The summed E-state index contributed by atoms with van der Waals surface area (Å²) in [7, 11) is 1.65. The molecule has 0 spiro atoms. The zero-order valence-electron chi connectivity index (χ0n) is 7.75. The average molecular weight is 245 g/mol. The fraction of sp³-hybridized carbons (Fsp3) is 0.444. The molecule has 1 heterocycles. The minimum absolute atomic E-state index is 0.437. The minimum Gasteiger partial charge on any atom is -0.372 e. The van der Waals surface area contributed by atoms with Crippen LogP contribution in [-0.4, -0.2) is 18.6 Å². The third-order valence-electron chi connectivity index (χ3n) is 2.18. The van der Waals surface area contributed by atoms with E-state index in [0.717, 1.165) is 10.0 Å². The Morgan fingerprint density at radius 1 is 1.69 bits per heavy atom. The predicted octanol–water partition coefficient (Wildman–Crippen LogP) is 1.66. The van der Waals surface area contributed by atoms with Crippen molar-refractivity contribution >= 4 is 15.9 Å². The Bertz CT molecular complexity index is 287. The second kappa shape index (κ2) is 4.17. The molecule has 0 aliphatic carbocycles. The lowest BCUT2D eigenvalue weighted by Crippen LogP contribution is -2.34. The van der Waals surface area contributed by atoms with E-state index in [2.05, 4.69) is 20.9 Å². The normalized spacial score (nSPS) is 15.4. The van der Waals surface area contributed by atoms with Crippen LogP contribution in [-0.2, 0) is 10.3 Å². The number of aromatic nitrogens is 1. The predicted molar refractivity (Wildman–Crippen MR) is 55.4 cm³/mol. The van der Waals surface area contributed by atoms with Crippen LogP contribution in [0.5, 0.6) is 0 Å². The van der Waals surface area contributed by atoms with Crippen molar-refractivity contribution in [3.8, 4) is 0 Å². The van der Waals surface area contributed by atoms with Crippen molar-refractivity contribution in [3.05, 3.63) is 28.5 Å². The van der Waals surface area contributed by atoms with Crippen molar-refractivity contribution < 1.29 is 4.74 Å². The van der Waals surface area contributed by atoms with E-state index in [1.54, 1.807) is 19.5 Å². The van der Waals surface area contributed by atoms with Crippen LogP contribution in [0.3, 0.4) is 0 Å². The molecule has 1 aromatic rings. The maximum absolute atomic E-state index is 5.65. The highest BCUT2D eigenvalue weighted by molar-refractivity contribution is 9.10. The van der Waals surface area contributed by atoms with E-state index in [4.69, 9.17) is 10.5 Å². The number of nitrogens with two attached hydrogens (primary N) is 1. The maximum Gasteiger partial charge on any atom is 0.103 e. The first-order valence-corrected chi connectivity index (χ1v) is 4.78. The Morgan fingerprint density at radius 3 is 2.85 bits per heavy atom.